The third-order valence-corrected chi connectivity index (χ3v) is 8.00. The van der Waals surface area contributed by atoms with Gasteiger partial charge in [-0.05, 0) is 68.6 Å². The number of alkyl halides is 3. The molecule has 1 saturated heterocycles. The van der Waals surface area contributed by atoms with E-state index in [2.05, 4.69) is 32.3 Å². The molecule has 0 spiro atoms. The molecule has 5 rings (SSSR count). The van der Waals surface area contributed by atoms with Crippen LogP contribution in [0.4, 0.5) is 19.0 Å². The first-order valence-corrected chi connectivity index (χ1v) is 12.4. The Kier molecular flexibility index (Phi) is 6.57. The Bertz CT molecular complexity index is 1100. The number of halogens is 3. The van der Waals surface area contributed by atoms with Crippen LogP contribution in [0.5, 0.6) is 0 Å². The maximum absolute atomic E-state index is 13.1. The first kappa shape index (κ1) is 24.2. The molecule has 188 valence electrons. The summed E-state index contributed by atoms with van der Waals surface area (Å²) in [4.78, 5) is 23.1. The van der Waals surface area contributed by atoms with Crippen LogP contribution in [0.1, 0.15) is 50.5 Å². The maximum atomic E-state index is 13.1. The number of nitrogens with one attached hydrogen (secondary N) is 1. The van der Waals surface area contributed by atoms with E-state index in [0.717, 1.165) is 63.7 Å². The Labute approximate surface area is 202 Å². The smallest absolute Gasteiger partial charge is 0.389 e. The third kappa shape index (κ3) is 5.21. The van der Waals surface area contributed by atoms with E-state index in [0.29, 0.717) is 29.8 Å². The fourth-order valence-corrected chi connectivity index (χ4v) is 5.96. The quantitative estimate of drug-likeness (QED) is 0.555. The Morgan fingerprint density at radius 1 is 1.11 bits per heavy atom. The predicted molar refractivity (Wildman–Crippen MR) is 127 cm³/mol. The van der Waals surface area contributed by atoms with Gasteiger partial charge in [0.25, 0.3) is 0 Å². The van der Waals surface area contributed by atoms with Crippen molar-refractivity contribution in [1.29, 1.82) is 0 Å². The van der Waals surface area contributed by atoms with E-state index in [4.69, 9.17) is 0 Å². The number of likely N-dealkylation sites (tertiary alicyclic amines) is 1. The van der Waals surface area contributed by atoms with E-state index in [-0.39, 0.29) is 23.5 Å². The zero-order valence-electron chi connectivity index (χ0n) is 19.6. The molecule has 3 aliphatic rings. The fraction of sp³-hybridized carbons (Fsp3) is 0.577. The van der Waals surface area contributed by atoms with Gasteiger partial charge in [-0.3, -0.25) is 9.69 Å². The maximum Gasteiger partial charge on any atom is 0.416 e. The monoisotopic (exact) mass is 488 g/mol. The van der Waals surface area contributed by atoms with Gasteiger partial charge < -0.3 is 10.4 Å². The standard InChI is InChI=1S/C26H31F3N4O2/c27-26(28,29)19-5-8-23-22(12-19)24(32-16-31-23)30-13-21(34)11-17-14-33(15-17)20-6-3-18(4-7-20)25(35)9-1-2-10-25/h1-2,5,8,12,16-18,20,35H,3-4,6-7,9-11,13-15H2,(H,30,31,32). The molecule has 0 unspecified atom stereocenters. The first-order valence-electron chi connectivity index (χ1n) is 12.4. The number of nitrogens with zero attached hydrogens (tertiary/aromatic N) is 3. The Morgan fingerprint density at radius 2 is 1.83 bits per heavy atom. The highest BCUT2D eigenvalue weighted by atomic mass is 19.4. The second-order valence-corrected chi connectivity index (χ2v) is 10.4. The minimum Gasteiger partial charge on any atom is -0.389 e. The molecule has 0 bridgehead atoms. The average molecular weight is 489 g/mol. The number of aliphatic hydroxyl groups is 1. The summed E-state index contributed by atoms with van der Waals surface area (Å²) in [6, 6.07) is 3.85. The number of carbonyl (C=O) groups is 1. The minimum absolute atomic E-state index is 0.0213. The van der Waals surface area contributed by atoms with Crippen molar-refractivity contribution in [2.75, 3.05) is 25.0 Å². The van der Waals surface area contributed by atoms with Gasteiger partial charge in [-0.25, -0.2) is 9.97 Å². The van der Waals surface area contributed by atoms with Crippen molar-refractivity contribution < 1.29 is 23.1 Å². The van der Waals surface area contributed by atoms with Crippen LogP contribution >= 0.6 is 0 Å². The van der Waals surface area contributed by atoms with E-state index in [1.165, 1.54) is 12.4 Å². The summed E-state index contributed by atoms with van der Waals surface area (Å²) in [5.74, 6) is 0.946. The van der Waals surface area contributed by atoms with Gasteiger partial charge in [0, 0.05) is 30.9 Å². The number of carbonyl (C=O) groups excluding carboxylic acids is 1. The second-order valence-electron chi connectivity index (χ2n) is 10.4. The van der Waals surface area contributed by atoms with Gasteiger partial charge in [0.15, 0.2) is 5.78 Å². The van der Waals surface area contributed by atoms with Crippen molar-refractivity contribution in [2.24, 2.45) is 11.8 Å². The highest BCUT2D eigenvalue weighted by Gasteiger charge is 2.42. The molecule has 2 heterocycles. The molecule has 2 aliphatic carbocycles. The van der Waals surface area contributed by atoms with Crippen LogP contribution < -0.4 is 5.32 Å². The van der Waals surface area contributed by atoms with Crippen molar-refractivity contribution in [3.8, 4) is 0 Å². The number of rotatable bonds is 7. The lowest BCUT2D eigenvalue weighted by molar-refractivity contribution is -0.137. The first-order chi connectivity index (χ1) is 16.7. The fourth-order valence-electron chi connectivity index (χ4n) is 5.96. The highest BCUT2D eigenvalue weighted by Crippen LogP contribution is 2.42. The summed E-state index contributed by atoms with van der Waals surface area (Å²) in [7, 11) is 0. The lowest BCUT2D eigenvalue weighted by atomic mass is 9.73. The van der Waals surface area contributed by atoms with Crippen LogP contribution in [0.25, 0.3) is 10.9 Å². The predicted octanol–water partition coefficient (Wildman–Crippen LogP) is 4.59. The Balaban J connectivity index is 1.08. The molecule has 2 aromatic rings. The molecule has 0 amide bonds. The van der Waals surface area contributed by atoms with Crippen LogP contribution in [0.2, 0.25) is 0 Å². The number of hydrogen-bond acceptors (Lipinski definition) is 6. The normalized spacial score (nSPS) is 25.0. The van der Waals surface area contributed by atoms with Crippen LogP contribution in [0.15, 0.2) is 36.7 Å². The number of fused-ring (bicyclic) bond motifs is 1. The summed E-state index contributed by atoms with van der Waals surface area (Å²) in [5, 5.41) is 14.0. The van der Waals surface area contributed by atoms with Gasteiger partial charge in [0.1, 0.15) is 12.1 Å². The molecular formula is C26H31F3N4O2. The molecule has 2 fully saturated rings. The number of benzene rings is 1. The van der Waals surface area contributed by atoms with Crippen molar-refractivity contribution in [3.05, 3.63) is 42.2 Å². The van der Waals surface area contributed by atoms with Gasteiger partial charge in [0.2, 0.25) is 0 Å². The summed E-state index contributed by atoms with van der Waals surface area (Å²) >= 11 is 0. The van der Waals surface area contributed by atoms with Crippen molar-refractivity contribution in [2.45, 2.75) is 62.8 Å². The lowest BCUT2D eigenvalue weighted by Crippen LogP contribution is -2.54. The number of Topliss-reactive ketones (excluding diaryl/α,β-unsaturated/α-hetero) is 1. The third-order valence-electron chi connectivity index (χ3n) is 8.00. The molecule has 6 nitrogen and oxygen atoms in total. The summed E-state index contributed by atoms with van der Waals surface area (Å²) in [5.41, 5.74) is -0.916. The van der Waals surface area contributed by atoms with E-state index < -0.39 is 17.3 Å². The van der Waals surface area contributed by atoms with Crippen LogP contribution in [0.3, 0.4) is 0 Å². The minimum atomic E-state index is -4.46. The molecule has 1 aliphatic heterocycles. The molecule has 0 radical (unpaired) electrons. The number of ketones is 1. The van der Waals surface area contributed by atoms with Gasteiger partial charge in [-0.2, -0.15) is 13.2 Å². The zero-order valence-corrected chi connectivity index (χ0v) is 19.6. The van der Waals surface area contributed by atoms with Gasteiger partial charge in [-0.15, -0.1) is 0 Å². The average Bonchev–Trinajstić information content (AvgIpc) is 3.26. The van der Waals surface area contributed by atoms with Crippen molar-refractivity contribution in [3.63, 3.8) is 0 Å². The molecule has 1 saturated carbocycles. The van der Waals surface area contributed by atoms with Gasteiger partial charge in [0.05, 0.1) is 23.2 Å². The topological polar surface area (TPSA) is 78.4 Å². The Hall–Kier alpha value is -2.52. The zero-order chi connectivity index (χ0) is 24.6. The number of aromatic nitrogens is 2. The summed E-state index contributed by atoms with van der Waals surface area (Å²) in [6.07, 6.45) is 7.29. The summed E-state index contributed by atoms with van der Waals surface area (Å²) in [6.45, 7) is 1.83. The SMILES string of the molecule is O=C(CNc1ncnc2ccc(C(F)(F)F)cc12)CC1CN(C2CCC(C3(O)CC=CC3)CC2)C1. The van der Waals surface area contributed by atoms with Gasteiger partial charge in [-0.1, -0.05) is 12.2 Å². The molecule has 35 heavy (non-hydrogen) atoms. The van der Waals surface area contributed by atoms with E-state index in [9.17, 15) is 23.1 Å². The van der Waals surface area contributed by atoms with E-state index in [1.54, 1.807) is 0 Å². The largest absolute Gasteiger partial charge is 0.416 e. The van der Waals surface area contributed by atoms with E-state index in [1.807, 2.05) is 0 Å². The molecule has 9 heteroatoms. The molecule has 1 aromatic carbocycles. The van der Waals surface area contributed by atoms with Crippen LogP contribution in [-0.2, 0) is 11.0 Å². The molecule has 1 aromatic heterocycles. The highest BCUT2D eigenvalue weighted by molar-refractivity contribution is 5.91. The molecule has 0 atom stereocenters. The molecule has 2 N–H and O–H groups in total. The van der Waals surface area contributed by atoms with E-state index >= 15 is 0 Å². The van der Waals surface area contributed by atoms with Crippen LogP contribution in [0, 0.1) is 11.8 Å². The lowest BCUT2D eigenvalue weighted by Gasteiger charge is -2.48. The Morgan fingerprint density at radius 3 is 2.51 bits per heavy atom. The summed E-state index contributed by atoms with van der Waals surface area (Å²) < 4.78 is 39.3. The van der Waals surface area contributed by atoms with Crippen molar-refractivity contribution >= 4 is 22.5 Å². The number of anilines is 1. The van der Waals surface area contributed by atoms with Gasteiger partial charge >= 0.3 is 6.18 Å². The van der Waals surface area contributed by atoms with Crippen LogP contribution in [-0.4, -0.2) is 57.0 Å². The van der Waals surface area contributed by atoms with Crippen molar-refractivity contribution in [1.82, 2.24) is 14.9 Å². The molecular weight excluding hydrogens is 457 g/mol. The number of hydrogen-bond donors (Lipinski definition) is 2. The second kappa shape index (κ2) is 9.50.